The molecule has 0 saturated carbocycles. The van der Waals surface area contributed by atoms with Crippen LogP contribution in [-0.2, 0) is 13.1 Å². The molecular formula is C27H24N2O6S. The minimum absolute atomic E-state index is 0.0483. The standard InChI is InChI=1S/C27H24N2O6S/c1-33-22-12-19(13-23(14-22)34-2)26(30)29(16-25-28-24(17-36-25)27(31)32)15-18-8-10-21(11-9-18)35-20-6-4-3-5-7-20/h3-14,17H,15-16H2,1-2H3,(H,31,32). The largest absolute Gasteiger partial charge is 0.497 e. The van der Waals surface area contributed by atoms with Crippen molar-refractivity contribution < 1.29 is 28.9 Å². The zero-order valence-electron chi connectivity index (χ0n) is 19.7. The van der Waals surface area contributed by atoms with Crippen LogP contribution >= 0.6 is 11.3 Å². The second kappa shape index (κ2) is 11.4. The predicted molar refractivity (Wildman–Crippen MR) is 135 cm³/mol. The highest BCUT2D eigenvalue weighted by Crippen LogP contribution is 2.26. The van der Waals surface area contributed by atoms with Gasteiger partial charge in [0.15, 0.2) is 5.69 Å². The summed E-state index contributed by atoms with van der Waals surface area (Å²) in [4.78, 5) is 30.6. The number of ether oxygens (including phenoxy) is 3. The molecule has 0 unspecified atom stereocenters. The molecule has 0 spiro atoms. The number of aromatic nitrogens is 1. The van der Waals surface area contributed by atoms with Crippen molar-refractivity contribution in [3.05, 3.63) is 100 Å². The molecule has 0 aliphatic carbocycles. The minimum Gasteiger partial charge on any atom is -0.497 e. The van der Waals surface area contributed by atoms with E-state index >= 15 is 0 Å². The lowest BCUT2D eigenvalue weighted by Crippen LogP contribution is -2.30. The molecule has 184 valence electrons. The summed E-state index contributed by atoms with van der Waals surface area (Å²) in [5.74, 6) is 0.995. The summed E-state index contributed by atoms with van der Waals surface area (Å²) >= 11 is 1.19. The number of aromatic carboxylic acids is 1. The van der Waals surface area contributed by atoms with Crippen molar-refractivity contribution in [3.8, 4) is 23.0 Å². The highest BCUT2D eigenvalue weighted by molar-refractivity contribution is 7.09. The number of carbonyl (C=O) groups is 2. The van der Waals surface area contributed by atoms with E-state index in [-0.39, 0.29) is 24.7 Å². The third-order valence-corrected chi connectivity index (χ3v) is 6.09. The van der Waals surface area contributed by atoms with Crippen LogP contribution in [0.1, 0.15) is 31.4 Å². The molecule has 4 rings (SSSR count). The maximum Gasteiger partial charge on any atom is 0.355 e. The molecule has 0 aliphatic rings. The van der Waals surface area contributed by atoms with Gasteiger partial charge in [0, 0.05) is 23.6 Å². The summed E-state index contributed by atoms with van der Waals surface area (Å²) in [5.41, 5.74) is 1.20. The normalized spacial score (nSPS) is 10.5. The zero-order chi connectivity index (χ0) is 25.5. The van der Waals surface area contributed by atoms with Crippen molar-refractivity contribution in [1.82, 2.24) is 9.88 Å². The van der Waals surface area contributed by atoms with E-state index in [1.54, 1.807) is 23.1 Å². The summed E-state index contributed by atoms with van der Waals surface area (Å²) < 4.78 is 16.5. The zero-order valence-corrected chi connectivity index (χ0v) is 20.5. The molecule has 8 nitrogen and oxygen atoms in total. The Morgan fingerprint density at radius 1 is 0.861 bits per heavy atom. The fraction of sp³-hybridized carbons (Fsp3) is 0.148. The van der Waals surface area contributed by atoms with Crippen molar-refractivity contribution in [2.75, 3.05) is 14.2 Å². The second-order valence-electron chi connectivity index (χ2n) is 7.75. The van der Waals surface area contributed by atoms with Gasteiger partial charge in [-0.3, -0.25) is 4.79 Å². The minimum atomic E-state index is -1.11. The number of methoxy groups -OCH3 is 2. The maximum absolute atomic E-state index is 13.6. The van der Waals surface area contributed by atoms with Gasteiger partial charge in [0.05, 0.1) is 20.8 Å². The Morgan fingerprint density at radius 2 is 1.50 bits per heavy atom. The molecule has 0 fully saturated rings. The van der Waals surface area contributed by atoms with Crippen molar-refractivity contribution in [2.45, 2.75) is 13.1 Å². The van der Waals surface area contributed by atoms with Gasteiger partial charge in [-0.15, -0.1) is 11.3 Å². The summed E-state index contributed by atoms with van der Waals surface area (Å²) in [7, 11) is 3.03. The number of carboxylic acids is 1. The van der Waals surface area contributed by atoms with Crippen molar-refractivity contribution >= 4 is 23.2 Å². The van der Waals surface area contributed by atoms with Crippen molar-refractivity contribution in [3.63, 3.8) is 0 Å². The van der Waals surface area contributed by atoms with E-state index in [0.717, 1.165) is 11.3 Å². The van der Waals surface area contributed by atoms with E-state index in [2.05, 4.69) is 4.98 Å². The fourth-order valence-corrected chi connectivity index (χ4v) is 4.25. The number of carbonyl (C=O) groups excluding carboxylic acids is 1. The number of thiazole rings is 1. The van der Waals surface area contributed by atoms with Gasteiger partial charge in [0.2, 0.25) is 0 Å². The van der Waals surface area contributed by atoms with Gasteiger partial charge in [-0.05, 0) is 42.0 Å². The number of carboxylic acid groups (broad SMARTS) is 1. The first-order valence-electron chi connectivity index (χ1n) is 11.0. The van der Waals surface area contributed by atoms with E-state index in [1.807, 2.05) is 54.6 Å². The average Bonchev–Trinajstić information content (AvgIpc) is 3.38. The van der Waals surface area contributed by atoms with Gasteiger partial charge in [0.25, 0.3) is 5.91 Å². The van der Waals surface area contributed by atoms with E-state index in [9.17, 15) is 14.7 Å². The molecule has 1 N–H and O–H groups in total. The van der Waals surface area contributed by atoms with Crippen LogP contribution in [-0.4, -0.2) is 41.1 Å². The Kier molecular flexibility index (Phi) is 7.82. The van der Waals surface area contributed by atoms with Gasteiger partial charge in [-0.25, -0.2) is 9.78 Å². The van der Waals surface area contributed by atoms with Crippen LogP contribution in [0.4, 0.5) is 0 Å². The maximum atomic E-state index is 13.6. The van der Waals surface area contributed by atoms with Crippen molar-refractivity contribution in [1.29, 1.82) is 0 Å². The fourth-order valence-electron chi connectivity index (χ4n) is 3.47. The Hall–Kier alpha value is -4.37. The number of amides is 1. The number of para-hydroxylation sites is 1. The Balaban J connectivity index is 1.59. The SMILES string of the molecule is COc1cc(OC)cc(C(=O)N(Cc2ccc(Oc3ccccc3)cc2)Cc2nc(C(=O)O)cs2)c1. The molecule has 36 heavy (non-hydrogen) atoms. The Bertz CT molecular complexity index is 1320. The van der Waals surface area contributed by atoms with Crippen LogP contribution < -0.4 is 14.2 Å². The Labute approximate surface area is 212 Å². The Morgan fingerprint density at radius 3 is 2.08 bits per heavy atom. The number of hydrogen-bond acceptors (Lipinski definition) is 7. The molecule has 4 aromatic rings. The molecule has 0 radical (unpaired) electrons. The van der Waals surface area contributed by atoms with Crippen LogP contribution in [0.15, 0.2) is 78.2 Å². The second-order valence-corrected chi connectivity index (χ2v) is 8.70. The van der Waals surface area contributed by atoms with Crippen LogP contribution in [0.5, 0.6) is 23.0 Å². The molecule has 1 amide bonds. The topological polar surface area (TPSA) is 98.2 Å². The molecule has 0 atom stereocenters. The molecule has 0 aliphatic heterocycles. The van der Waals surface area contributed by atoms with E-state index < -0.39 is 5.97 Å². The van der Waals surface area contributed by atoms with Gasteiger partial charge in [0.1, 0.15) is 28.0 Å². The smallest absolute Gasteiger partial charge is 0.355 e. The van der Waals surface area contributed by atoms with Crippen molar-refractivity contribution in [2.24, 2.45) is 0 Å². The number of rotatable bonds is 10. The molecule has 0 bridgehead atoms. The third-order valence-electron chi connectivity index (χ3n) is 5.26. The summed E-state index contributed by atoms with van der Waals surface area (Å²) in [6, 6.07) is 21.9. The lowest BCUT2D eigenvalue weighted by molar-refractivity contribution is 0.0691. The summed E-state index contributed by atoms with van der Waals surface area (Å²) in [6.07, 6.45) is 0. The quantitative estimate of drug-likeness (QED) is 0.305. The number of benzene rings is 3. The van der Waals surface area contributed by atoms with Crippen LogP contribution in [0, 0.1) is 0 Å². The highest BCUT2D eigenvalue weighted by atomic mass is 32.1. The van der Waals surface area contributed by atoms with E-state index in [0.29, 0.717) is 27.8 Å². The third kappa shape index (κ3) is 6.19. The first-order valence-corrected chi connectivity index (χ1v) is 11.8. The van der Waals surface area contributed by atoms with Gasteiger partial charge >= 0.3 is 5.97 Å². The monoisotopic (exact) mass is 504 g/mol. The van der Waals surface area contributed by atoms with Crippen LogP contribution in [0.25, 0.3) is 0 Å². The molecule has 0 saturated heterocycles. The lowest BCUT2D eigenvalue weighted by Gasteiger charge is -2.23. The molecule has 3 aromatic carbocycles. The van der Waals surface area contributed by atoms with E-state index in [4.69, 9.17) is 14.2 Å². The summed E-state index contributed by atoms with van der Waals surface area (Å²) in [5, 5.41) is 11.2. The van der Waals surface area contributed by atoms with Gasteiger partial charge in [-0.1, -0.05) is 30.3 Å². The average molecular weight is 505 g/mol. The molecule has 1 aromatic heterocycles. The first kappa shape index (κ1) is 24.7. The molecule has 9 heteroatoms. The first-order chi connectivity index (χ1) is 17.4. The van der Waals surface area contributed by atoms with Crippen LogP contribution in [0.3, 0.4) is 0 Å². The molecular weight excluding hydrogens is 480 g/mol. The number of nitrogens with zero attached hydrogens (tertiary/aromatic N) is 2. The highest BCUT2D eigenvalue weighted by Gasteiger charge is 2.21. The van der Waals surface area contributed by atoms with E-state index in [1.165, 1.54) is 30.9 Å². The van der Waals surface area contributed by atoms with Gasteiger partial charge in [-0.2, -0.15) is 0 Å². The lowest BCUT2D eigenvalue weighted by atomic mass is 10.1. The number of hydrogen-bond donors (Lipinski definition) is 1. The summed E-state index contributed by atoms with van der Waals surface area (Å²) in [6.45, 7) is 0.407. The van der Waals surface area contributed by atoms with Crippen LogP contribution in [0.2, 0.25) is 0 Å². The molecule has 1 heterocycles. The van der Waals surface area contributed by atoms with Gasteiger partial charge < -0.3 is 24.2 Å². The predicted octanol–water partition coefficient (Wildman–Crippen LogP) is 5.49.